The van der Waals surface area contributed by atoms with E-state index < -0.39 is 0 Å². The van der Waals surface area contributed by atoms with Gasteiger partial charge in [0.1, 0.15) is 5.82 Å². The largest absolute Gasteiger partial charge is 0.363 e. The van der Waals surface area contributed by atoms with E-state index in [-0.39, 0.29) is 5.91 Å². The lowest BCUT2D eigenvalue weighted by Gasteiger charge is -2.12. The molecule has 1 amide bonds. The first-order valence-electron chi connectivity index (χ1n) is 7.03. The summed E-state index contributed by atoms with van der Waals surface area (Å²) in [6.07, 6.45) is 2.49. The molecule has 2 rings (SSSR count). The third kappa shape index (κ3) is 4.31. The molecule has 0 unspecified atom stereocenters. The highest BCUT2D eigenvalue weighted by Gasteiger charge is 2.07. The van der Waals surface area contributed by atoms with Gasteiger partial charge in [-0.2, -0.15) is 0 Å². The van der Waals surface area contributed by atoms with Gasteiger partial charge in [0.05, 0.1) is 0 Å². The lowest BCUT2D eigenvalue weighted by molar-refractivity contribution is 0.0954. The molecule has 0 fully saturated rings. The van der Waals surface area contributed by atoms with Crippen LogP contribution >= 0.6 is 0 Å². The molecule has 0 saturated carbocycles. The van der Waals surface area contributed by atoms with Crippen molar-refractivity contribution in [3.05, 3.63) is 59.3 Å². The summed E-state index contributed by atoms with van der Waals surface area (Å²) in [5, 5.41) is 2.95. The number of carbonyl (C=O) groups excluding carboxylic acids is 1. The van der Waals surface area contributed by atoms with E-state index in [4.69, 9.17) is 0 Å². The molecule has 21 heavy (non-hydrogen) atoms. The minimum Gasteiger partial charge on any atom is -0.363 e. The molecule has 4 heteroatoms. The van der Waals surface area contributed by atoms with Crippen LogP contribution in [0.3, 0.4) is 0 Å². The third-order valence-corrected chi connectivity index (χ3v) is 3.25. The number of rotatable bonds is 5. The maximum absolute atomic E-state index is 12.1. The Morgan fingerprint density at radius 1 is 1.24 bits per heavy atom. The fraction of sp³-hybridized carbons (Fsp3) is 0.294. The van der Waals surface area contributed by atoms with Crippen molar-refractivity contribution in [2.45, 2.75) is 13.3 Å². The monoisotopic (exact) mass is 283 g/mol. The van der Waals surface area contributed by atoms with Crippen LogP contribution in [-0.2, 0) is 6.42 Å². The van der Waals surface area contributed by atoms with Gasteiger partial charge in [-0.05, 0) is 31.0 Å². The quantitative estimate of drug-likeness (QED) is 0.916. The van der Waals surface area contributed by atoms with Crippen LogP contribution in [-0.4, -0.2) is 31.5 Å². The van der Waals surface area contributed by atoms with Crippen LogP contribution < -0.4 is 10.2 Å². The van der Waals surface area contributed by atoms with E-state index >= 15 is 0 Å². The minimum atomic E-state index is -0.0619. The van der Waals surface area contributed by atoms with Crippen molar-refractivity contribution >= 4 is 11.7 Å². The van der Waals surface area contributed by atoms with E-state index in [2.05, 4.69) is 35.4 Å². The molecule has 110 valence electrons. The van der Waals surface area contributed by atoms with Crippen LogP contribution in [0.4, 0.5) is 5.82 Å². The average Bonchev–Trinajstić information content (AvgIpc) is 2.47. The molecule has 0 atom stereocenters. The second kappa shape index (κ2) is 6.88. The Bertz CT molecular complexity index is 623. The van der Waals surface area contributed by atoms with Gasteiger partial charge in [-0.1, -0.05) is 29.8 Å². The summed E-state index contributed by atoms with van der Waals surface area (Å²) in [6.45, 7) is 2.70. The van der Waals surface area contributed by atoms with Crippen molar-refractivity contribution in [2.75, 3.05) is 25.5 Å². The molecule has 0 spiro atoms. The van der Waals surface area contributed by atoms with E-state index in [1.807, 2.05) is 25.1 Å². The summed E-state index contributed by atoms with van der Waals surface area (Å²) >= 11 is 0. The van der Waals surface area contributed by atoms with Crippen molar-refractivity contribution in [2.24, 2.45) is 0 Å². The van der Waals surface area contributed by atoms with Crippen LogP contribution in [0, 0.1) is 6.92 Å². The van der Waals surface area contributed by atoms with Crippen LogP contribution in [0.2, 0.25) is 0 Å². The predicted octanol–water partition coefficient (Wildman–Crippen LogP) is 2.43. The van der Waals surface area contributed by atoms with Crippen LogP contribution in [0.25, 0.3) is 0 Å². The Morgan fingerprint density at radius 3 is 2.76 bits per heavy atom. The molecule has 0 bridgehead atoms. The molecule has 2 aromatic rings. The van der Waals surface area contributed by atoms with Crippen LogP contribution in [0.5, 0.6) is 0 Å². The number of aryl methyl sites for hydroxylation is 1. The van der Waals surface area contributed by atoms with Gasteiger partial charge < -0.3 is 10.2 Å². The van der Waals surface area contributed by atoms with Gasteiger partial charge in [0.15, 0.2) is 0 Å². The van der Waals surface area contributed by atoms with Crippen molar-refractivity contribution in [3.63, 3.8) is 0 Å². The first kappa shape index (κ1) is 15.0. The summed E-state index contributed by atoms with van der Waals surface area (Å²) in [4.78, 5) is 18.2. The van der Waals surface area contributed by atoms with Crippen LogP contribution in [0.1, 0.15) is 21.5 Å². The Labute approximate surface area is 125 Å². The lowest BCUT2D eigenvalue weighted by Crippen LogP contribution is -2.26. The van der Waals surface area contributed by atoms with Gasteiger partial charge in [-0.3, -0.25) is 4.79 Å². The predicted molar refractivity (Wildman–Crippen MR) is 85.8 cm³/mol. The number of hydrogen-bond acceptors (Lipinski definition) is 3. The van der Waals surface area contributed by atoms with Gasteiger partial charge in [0, 0.05) is 32.4 Å². The molecule has 0 aliphatic rings. The van der Waals surface area contributed by atoms with Crippen molar-refractivity contribution < 1.29 is 4.79 Å². The molecule has 0 aliphatic carbocycles. The Hall–Kier alpha value is -2.36. The summed E-state index contributed by atoms with van der Waals surface area (Å²) in [7, 11) is 3.81. The molecule has 1 N–H and O–H groups in total. The number of pyridine rings is 1. The van der Waals surface area contributed by atoms with Crippen LogP contribution in [0.15, 0.2) is 42.6 Å². The first-order chi connectivity index (χ1) is 10.1. The zero-order valence-electron chi connectivity index (χ0n) is 12.8. The van der Waals surface area contributed by atoms with E-state index in [9.17, 15) is 4.79 Å². The smallest absolute Gasteiger partial charge is 0.251 e. The number of nitrogens with zero attached hydrogens (tertiary/aromatic N) is 2. The second-order valence-electron chi connectivity index (χ2n) is 5.29. The second-order valence-corrected chi connectivity index (χ2v) is 5.29. The maximum atomic E-state index is 12.1. The van der Waals surface area contributed by atoms with Crippen molar-refractivity contribution in [1.82, 2.24) is 10.3 Å². The third-order valence-electron chi connectivity index (χ3n) is 3.25. The number of amides is 1. The fourth-order valence-electron chi connectivity index (χ4n) is 2.09. The van der Waals surface area contributed by atoms with Crippen molar-refractivity contribution in [1.29, 1.82) is 0 Å². The zero-order chi connectivity index (χ0) is 15.2. The van der Waals surface area contributed by atoms with Gasteiger partial charge in [-0.15, -0.1) is 0 Å². The van der Waals surface area contributed by atoms with Gasteiger partial charge in [0.25, 0.3) is 5.91 Å². The number of nitrogens with one attached hydrogen (secondary N) is 1. The molecule has 1 heterocycles. The highest BCUT2D eigenvalue weighted by molar-refractivity contribution is 5.94. The molecule has 0 aliphatic heterocycles. The first-order valence-corrected chi connectivity index (χ1v) is 7.03. The molecule has 1 aromatic carbocycles. The summed E-state index contributed by atoms with van der Waals surface area (Å²) in [5.41, 5.74) is 3.11. The summed E-state index contributed by atoms with van der Waals surface area (Å²) < 4.78 is 0. The van der Waals surface area contributed by atoms with E-state index in [0.29, 0.717) is 12.1 Å². The molecule has 0 saturated heterocycles. The number of anilines is 1. The van der Waals surface area contributed by atoms with Crippen molar-refractivity contribution in [3.8, 4) is 0 Å². The fourth-order valence-corrected chi connectivity index (χ4v) is 2.09. The lowest BCUT2D eigenvalue weighted by atomic mass is 10.1. The zero-order valence-corrected chi connectivity index (χ0v) is 12.8. The average molecular weight is 283 g/mol. The van der Waals surface area contributed by atoms with Gasteiger partial charge in [-0.25, -0.2) is 4.98 Å². The molecule has 1 aromatic heterocycles. The molecule has 4 nitrogen and oxygen atoms in total. The molecular formula is C17H21N3O. The minimum absolute atomic E-state index is 0.0619. The molecule has 0 radical (unpaired) electrons. The maximum Gasteiger partial charge on any atom is 0.251 e. The SMILES string of the molecule is Cc1cccc(CCNC(=O)c2ccnc(N(C)C)c2)c1. The Balaban J connectivity index is 1.91. The highest BCUT2D eigenvalue weighted by atomic mass is 16.1. The highest BCUT2D eigenvalue weighted by Crippen LogP contribution is 2.09. The molecular weight excluding hydrogens is 262 g/mol. The standard InChI is InChI=1S/C17H21N3O/c1-13-5-4-6-14(11-13)7-9-19-17(21)15-8-10-18-16(12-15)20(2)3/h4-6,8,10-12H,7,9H2,1-3H3,(H,19,21). The van der Waals surface area contributed by atoms with Gasteiger partial charge in [0.2, 0.25) is 0 Å². The number of benzene rings is 1. The topological polar surface area (TPSA) is 45.2 Å². The summed E-state index contributed by atoms with van der Waals surface area (Å²) in [6, 6.07) is 11.9. The van der Waals surface area contributed by atoms with E-state index in [1.54, 1.807) is 18.3 Å². The number of carbonyl (C=O) groups is 1. The van der Waals surface area contributed by atoms with Gasteiger partial charge >= 0.3 is 0 Å². The number of hydrogen-bond donors (Lipinski definition) is 1. The normalized spacial score (nSPS) is 10.2. The number of aromatic nitrogens is 1. The summed E-state index contributed by atoms with van der Waals surface area (Å²) in [5.74, 6) is 0.717. The Kier molecular flexibility index (Phi) is 4.93. The van der Waals surface area contributed by atoms with E-state index in [0.717, 1.165) is 12.2 Å². The van der Waals surface area contributed by atoms with E-state index in [1.165, 1.54) is 11.1 Å². The Morgan fingerprint density at radius 2 is 2.05 bits per heavy atom.